The number of aliphatic hydroxyl groups excluding tert-OH is 1. The summed E-state index contributed by atoms with van der Waals surface area (Å²) in [5, 5.41) is 15.6. The van der Waals surface area contributed by atoms with Crippen LogP contribution < -0.4 is 5.32 Å². The Balaban J connectivity index is 1.73. The van der Waals surface area contributed by atoms with Crippen molar-refractivity contribution in [2.24, 2.45) is 0 Å². The van der Waals surface area contributed by atoms with E-state index in [4.69, 9.17) is 0 Å². The summed E-state index contributed by atoms with van der Waals surface area (Å²) in [7, 11) is 3.35. The number of benzene rings is 2. The van der Waals surface area contributed by atoms with Gasteiger partial charge in [0.05, 0.1) is 19.7 Å². The first-order valence-corrected chi connectivity index (χ1v) is 15.1. The number of urea groups is 1. The van der Waals surface area contributed by atoms with Crippen molar-refractivity contribution in [3.63, 3.8) is 0 Å². The summed E-state index contributed by atoms with van der Waals surface area (Å²) in [4.78, 5) is 59.3. The van der Waals surface area contributed by atoms with Gasteiger partial charge in [0.2, 0.25) is 11.8 Å². The molecule has 11 nitrogen and oxygen atoms in total. The third-order valence-electron chi connectivity index (χ3n) is 7.82. The number of aliphatic hydroxyl groups is 1. The van der Waals surface area contributed by atoms with E-state index in [-0.39, 0.29) is 63.5 Å². The first kappa shape index (κ1) is 33.9. The topological polar surface area (TPSA) is 117 Å². The number of fused-ring (bicyclic) bond motifs is 1. The van der Waals surface area contributed by atoms with E-state index in [1.54, 1.807) is 72.6 Å². The second-order valence-corrected chi connectivity index (χ2v) is 11.3. The van der Waals surface area contributed by atoms with Gasteiger partial charge in [-0.15, -0.1) is 6.58 Å². The van der Waals surface area contributed by atoms with Crippen LogP contribution in [0.3, 0.4) is 0 Å². The average molecular weight is 627 g/mol. The molecule has 2 N–H and O–H groups in total. The fourth-order valence-electron chi connectivity index (χ4n) is 5.75. The molecule has 0 spiro atoms. The summed E-state index contributed by atoms with van der Waals surface area (Å²) in [6.07, 6.45) is 7.51. The maximum absolute atomic E-state index is 14.2. The standard InChI is InChI=1S/C35H42N6O5/c1-5-12-26(16-11-19-42)21-30-34(45)38(23-28-15-10-17-29(20-28)33(44)37(3)4)24-31-40(30)32(43)25-39(18-6-2)41(31)35(46)36-22-27-13-8-7-9-14-27/h5-17,20,30-31,42H,1-2,18-19,21-25H2,3-4H3,(H,36,46)/b16-11-,26-12+/t30-,31-/m0/s1. The highest BCUT2D eigenvalue weighted by Crippen LogP contribution is 2.31. The smallest absolute Gasteiger partial charge is 0.334 e. The number of hydrogen-bond acceptors (Lipinski definition) is 6. The maximum Gasteiger partial charge on any atom is 0.334 e. The van der Waals surface area contributed by atoms with Gasteiger partial charge in [-0.25, -0.2) is 14.8 Å². The van der Waals surface area contributed by atoms with E-state index in [2.05, 4.69) is 18.5 Å². The molecule has 5 amide bonds. The van der Waals surface area contributed by atoms with Crippen molar-refractivity contribution in [1.29, 1.82) is 0 Å². The average Bonchev–Trinajstić information content (AvgIpc) is 3.04. The molecule has 0 unspecified atom stereocenters. The summed E-state index contributed by atoms with van der Waals surface area (Å²) in [6.45, 7) is 8.01. The number of nitrogens with one attached hydrogen (secondary N) is 1. The van der Waals surface area contributed by atoms with E-state index in [0.29, 0.717) is 11.1 Å². The zero-order chi connectivity index (χ0) is 33.2. The second-order valence-electron chi connectivity index (χ2n) is 11.3. The highest BCUT2D eigenvalue weighted by Gasteiger charge is 2.51. The van der Waals surface area contributed by atoms with Crippen molar-refractivity contribution >= 4 is 23.8 Å². The van der Waals surface area contributed by atoms with Gasteiger partial charge in [-0.05, 0) is 28.8 Å². The van der Waals surface area contributed by atoms with Crippen molar-refractivity contribution in [1.82, 2.24) is 30.0 Å². The zero-order valence-electron chi connectivity index (χ0n) is 26.4. The summed E-state index contributed by atoms with van der Waals surface area (Å²) in [6, 6.07) is 15.2. The summed E-state index contributed by atoms with van der Waals surface area (Å²) in [5.41, 5.74) is 2.82. The molecule has 46 heavy (non-hydrogen) atoms. The van der Waals surface area contributed by atoms with Crippen LogP contribution in [0.25, 0.3) is 0 Å². The van der Waals surface area contributed by atoms with Gasteiger partial charge in [0, 0.05) is 45.7 Å². The molecule has 2 aliphatic heterocycles. The SMILES string of the molecule is C=C/C=C(\C=C/CO)C[C@H]1C(=O)N(Cc2cccc(C(=O)N(C)C)c2)C[C@H]2N1C(=O)CN(CC=C)N2C(=O)NCc1ccccc1. The normalized spacial score (nSPS) is 18.8. The minimum absolute atomic E-state index is 0.0479. The summed E-state index contributed by atoms with van der Waals surface area (Å²) >= 11 is 0. The number of piperazine rings is 1. The Morgan fingerprint density at radius 3 is 2.48 bits per heavy atom. The third-order valence-corrected chi connectivity index (χ3v) is 7.82. The highest BCUT2D eigenvalue weighted by molar-refractivity contribution is 5.94. The van der Waals surface area contributed by atoms with Crippen LogP contribution in [-0.2, 0) is 22.7 Å². The first-order valence-electron chi connectivity index (χ1n) is 15.1. The minimum Gasteiger partial charge on any atom is -0.392 e. The lowest BCUT2D eigenvalue weighted by Crippen LogP contribution is -2.76. The molecule has 0 aliphatic carbocycles. The van der Waals surface area contributed by atoms with Crippen molar-refractivity contribution in [3.05, 3.63) is 120 Å². The van der Waals surface area contributed by atoms with Gasteiger partial charge in [-0.2, -0.15) is 0 Å². The Morgan fingerprint density at radius 2 is 1.80 bits per heavy atom. The molecule has 2 aromatic carbocycles. The Labute approximate surface area is 270 Å². The van der Waals surface area contributed by atoms with Crippen LogP contribution >= 0.6 is 0 Å². The van der Waals surface area contributed by atoms with Crippen LogP contribution in [0.5, 0.6) is 0 Å². The van der Waals surface area contributed by atoms with Gasteiger partial charge in [0.25, 0.3) is 5.91 Å². The molecule has 2 atom stereocenters. The number of nitrogens with zero attached hydrogens (tertiary/aromatic N) is 5. The maximum atomic E-state index is 14.2. The van der Waals surface area contributed by atoms with Gasteiger partial charge in [0.15, 0.2) is 0 Å². The van der Waals surface area contributed by atoms with E-state index in [1.807, 2.05) is 36.4 Å². The largest absolute Gasteiger partial charge is 0.392 e. The molecular formula is C35H42N6O5. The van der Waals surface area contributed by atoms with Gasteiger partial charge in [0.1, 0.15) is 12.2 Å². The van der Waals surface area contributed by atoms with Crippen LogP contribution in [-0.4, -0.2) is 106 Å². The lowest BCUT2D eigenvalue weighted by atomic mass is 9.97. The molecule has 2 aliphatic rings. The Hall–Kier alpha value is -5.00. The first-order chi connectivity index (χ1) is 22.2. The molecule has 0 aromatic heterocycles. The van der Waals surface area contributed by atoms with E-state index < -0.39 is 18.2 Å². The third kappa shape index (κ3) is 7.98. The Kier molecular flexibility index (Phi) is 11.7. The van der Waals surface area contributed by atoms with Crippen molar-refractivity contribution in [2.45, 2.75) is 31.7 Å². The number of amides is 5. The van der Waals surface area contributed by atoms with Crippen LogP contribution in [0.1, 0.15) is 27.9 Å². The highest BCUT2D eigenvalue weighted by atomic mass is 16.2. The lowest BCUT2D eigenvalue weighted by molar-refractivity contribution is -0.189. The van der Waals surface area contributed by atoms with Gasteiger partial charge < -0.3 is 25.1 Å². The van der Waals surface area contributed by atoms with Crippen LogP contribution in [0, 0.1) is 0 Å². The Morgan fingerprint density at radius 1 is 1.07 bits per heavy atom. The molecule has 242 valence electrons. The molecule has 0 radical (unpaired) electrons. The fraction of sp³-hybridized carbons (Fsp3) is 0.314. The van der Waals surface area contributed by atoms with E-state index in [1.165, 1.54) is 14.8 Å². The lowest BCUT2D eigenvalue weighted by Gasteiger charge is -2.55. The number of carbonyl (C=O) groups excluding carboxylic acids is 4. The number of carbonyl (C=O) groups is 4. The molecule has 2 saturated heterocycles. The van der Waals surface area contributed by atoms with Crippen LogP contribution in [0.4, 0.5) is 4.79 Å². The number of hydrazine groups is 1. The number of allylic oxidation sites excluding steroid dienone is 3. The predicted octanol–water partition coefficient (Wildman–Crippen LogP) is 2.93. The van der Waals surface area contributed by atoms with Crippen molar-refractivity contribution in [3.8, 4) is 0 Å². The van der Waals surface area contributed by atoms with Gasteiger partial charge in [-0.3, -0.25) is 14.4 Å². The molecule has 0 bridgehead atoms. The molecule has 2 fully saturated rings. The van der Waals surface area contributed by atoms with Gasteiger partial charge in [-0.1, -0.05) is 79.4 Å². The molecule has 2 aromatic rings. The monoisotopic (exact) mass is 626 g/mol. The van der Waals surface area contributed by atoms with Crippen molar-refractivity contribution < 1.29 is 24.3 Å². The van der Waals surface area contributed by atoms with Gasteiger partial charge >= 0.3 is 6.03 Å². The zero-order valence-corrected chi connectivity index (χ0v) is 26.4. The van der Waals surface area contributed by atoms with Crippen LogP contribution in [0.15, 0.2) is 104 Å². The predicted molar refractivity (Wildman–Crippen MR) is 176 cm³/mol. The quantitative estimate of drug-likeness (QED) is 0.277. The molecule has 0 saturated carbocycles. The van der Waals surface area contributed by atoms with E-state index >= 15 is 0 Å². The Bertz CT molecular complexity index is 1500. The molecular weight excluding hydrogens is 584 g/mol. The molecule has 4 rings (SSSR count). The number of hydrogen-bond donors (Lipinski definition) is 2. The molecule has 11 heteroatoms. The minimum atomic E-state index is -0.942. The summed E-state index contributed by atoms with van der Waals surface area (Å²) < 4.78 is 0. The van der Waals surface area contributed by atoms with Crippen LogP contribution in [0.2, 0.25) is 0 Å². The summed E-state index contributed by atoms with van der Waals surface area (Å²) in [5.74, 6) is -0.743. The van der Waals surface area contributed by atoms with E-state index in [0.717, 1.165) is 11.1 Å². The molecule has 2 heterocycles. The van der Waals surface area contributed by atoms with E-state index in [9.17, 15) is 24.3 Å². The second kappa shape index (κ2) is 15.8. The fourth-order valence-corrected chi connectivity index (χ4v) is 5.75. The number of rotatable bonds is 12. The van der Waals surface area contributed by atoms with Crippen molar-refractivity contribution in [2.75, 3.05) is 40.3 Å².